The summed E-state index contributed by atoms with van der Waals surface area (Å²) in [7, 11) is 2.11. The highest BCUT2D eigenvalue weighted by molar-refractivity contribution is 5.97. The topological polar surface area (TPSA) is 65.5 Å². The first-order valence-electron chi connectivity index (χ1n) is 12.4. The largest absolute Gasteiger partial charge is 0.491 e. The van der Waals surface area contributed by atoms with E-state index in [9.17, 15) is 9.90 Å². The van der Waals surface area contributed by atoms with Crippen molar-refractivity contribution in [2.75, 3.05) is 52.9 Å². The van der Waals surface area contributed by atoms with E-state index in [1.54, 1.807) is 11.0 Å². The lowest BCUT2D eigenvalue weighted by Crippen LogP contribution is -2.44. The normalized spacial score (nSPS) is 22.4. The standard InChI is InChI=1S/C27H35N3O4/c1-28-11-4-7-24(19-28)34-23-8-9-25-26(15-23)33-14-13-30(27(25)32)18-22(31)17-29-12-10-20-5-2-3-6-21(20)16-29/h2-3,5-6,8-9,15,22,24,31H,4,7,10-14,16-19H2,1H3/t22-,24?/m1/s1. The van der Waals surface area contributed by atoms with Crippen LogP contribution in [0.4, 0.5) is 0 Å². The number of aliphatic hydroxyl groups excluding tert-OH is 1. The van der Waals surface area contributed by atoms with E-state index in [0.29, 0.717) is 37.6 Å². The Labute approximate surface area is 201 Å². The summed E-state index contributed by atoms with van der Waals surface area (Å²) in [5.41, 5.74) is 3.25. The Bertz CT molecular complexity index is 1010. The van der Waals surface area contributed by atoms with Crippen molar-refractivity contribution >= 4 is 5.91 Å². The van der Waals surface area contributed by atoms with E-state index in [2.05, 4.69) is 41.1 Å². The van der Waals surface area contributed by atoms with Crippen molar-refractivity contribution in [2.45, 2.75) is 38.0 Å². The van der Waals surface area contributed by atoms with Crippen LogP contribution in [0.3, 0.4) is 0 Å². The van der Waals surface area contributed by atoms with E-state index in [4.69, 9.17) is 9.47 Å². The summed E-state index contributed by atoms with van der Waals surface area (Å²) in [5.74, 6) is 1.21. The molecule has 0 saturated carbocycles. The summed E-state index contributed by atoms with van der Waals surface area (Å²) < 4.78 is 12.1. The molecule has 7 heteroatoms. The van der Waals surface area contributed by atoms with Gasteiger partial charge in [0.15, 0.2) is 0 Å². The number of hydrogen-bond donors (Lipinski definition) is 1. The lowest BCUT2D eigenvalue weighted by atomic mass is 10.00. The number of rotatable bonds is 6. The van der Waals surface area contributed by atoms with Crippen LogP contribution >= 0.6 is 0 Å². The molecule has 2 atom stereocenters. The molecule has 0 spiro atoms. The molecule has 182 valence electrons. The molecule has 1 amide bonds. The Morgan fingerprint density at radius 3 is 2.82 bits per heavy atom. The highest BCUT2D eigenvalue weighted by Crippen LogP contribution is 2.29. The first-order valence-corrected chi connectivity index (χ1v) is 12.4. The van der Waals surface area contributed by atoms with Gasteiger partial charge in [0.25, 0.3) is 5.91 Å². The molecule has 0 radical (unpaired) electrons. The maximum atomic E-state index is 13.2. The van der Waals surface area contributed by atoms with Crippen LogP contribution in [0.1, 0.15) is 34.3 Å². The number of hydrogen-bond acceptors (Lipinski definition) is 6. The van der Waals surface area contributed by atoms with Gasteiger partial charge in [-0.25, -0.2) is 0 Å². The third-order valence-electron chi connectivity index (χ3n) is 7.08. The molecule has 34 heavy (non-hydrogen) atoms. The number of benzene rings is 2. The van der Waals surface area contributed by atoms with Gasteiger partial charge in [-0.1, -0.05) is 24.3 Å². The molecule has 0 aliphatic carbocycles. The van der Waals surface area contributed by atoms with E-state index in [-0.39, 0.29) is 12.0 Å². The first kappa shape index (κ1) is 23.1. The third-order valence-corrected chi connectivity index (χ3v) is 7.08. The van der Waals surface area contributed by atoms with E-state index < -0.39 is 6.10 Å². The number of likely N-dealkylation sites (N-methyl/N-ethyl adjacent to an activating group) is 1. The molecule has 1 unspecified atom stereocenters. The summed E-state index contributed by atoms with van der Waals surface area (Å²) in [5, 5.41) is 10.8. The van der Waals surface area contributed by atoms with Crippen molar-refractivity contribution in [3.8, 4) is 11.5 Å². The molecular formula is C27H35N3O4. The van der Waals surface area contributed by atoms with Gasteiger partial charge in [0.2, 0.25) is 0 Å². The number of piperidine rings is 1. The quantitative estimate of drug-likeness (QED) is 0.707. The van der Waals surface area contributed by atoms with Gasteiger partial charge in [0.1, 0.15) is 24.2 Å². The molecule has 2 aromatic carbocycles. The van der Waals surface area contributed by atoms with E-state index >= 15 is 0 Å². The molecule has 5 rings (SSSR count). The lowest BCUT2D eigenvalue weighted by Gasteiger charge is -2.32. The number of nitrogens with zero attached hydrogens (tertiary/aromatic N) is 3. The molecule has 3 aliphatic heterocycles. The maximum Gasteiger partial charge on any atom is 0.257 e. The van der Waals surface area contributed by atoms with Gasteiger partial charge in [-0.3, -0.25) is 9.69 Å². The van der Waals surface area contributed by atoms with Crippen LogP contribution < -0.4 is 9.47 Å². The second kappa shape index (κ2) is 10.3. The van der Waals surface area contributed by atoms with Crippen molar-refractivity contribution in [2.24, 2.45) is 0 Å². The third kappa shape index (κ3) is 5.37. The SMILES string of the molecule is CN1CCCC(Oc2ccc3c(c2)OCCN(C[C@H](O)CN2CCc4ccccc4C2)C3=O)C1. The van der Waals surface area contributed by atoms with Crippen LogP contribution in [0, 0.1) is 0 Å². The molecule has 1 N–H and O–H groups in total. The van der Waals surface area contributed by atoms with E-state index in [1.807, 2.05) is 12.1 Å². The predicted octanol–water partition coefficient (Wildman–Crippen LogP) is 2.41. The number of β-amino-alcohol motifs (C(OH)–C–C–N with tert-alkyl or cyclic N) is 1. The minimum atomic E-state index is -0.610. The second-order valence-corrected chi connectivity index (χ2v) is 9.81. The number of amides is 1. The molecular weight excluding hydrogens is 430 g/mol. The monoisotopic (exact) mass is 465 g/mol. The number of ether oxygens (including phenoxy) is 2. The Hall–Kier alpha value is -2.61. The number of carbonyl (C=O) groups excluding carboxylic acids is 1. The summed E-state index contributed by atoms with van der Waals surface area (Å²) >= 11 is 0. The second-order valence-electron chi connectivity index (χ2n) is 9.81. The fourth-order valence-corrected chi connectivity index (χ4v) is 5.31. The van der Waals surface area contributed by atoms with Gasteiger partial charge in [0.05, 0.1) is 18.2 Å². The Morgan fingerprint density at radius 1 is 1.12 bits per heavy atom. The van der Waals surface area contributed by atoms with Crippen LogP contribution in [0.5, 0.6) is 11.5 Å². The Morgan fingerprint density at radius 2 is 1.97 bits per heavy atom. The molecule has 3 heterocycles. The van der Waals surface area contributed by atoms with Crippen LogP contribution in [0.15, 0.2) is 42.5 Å². The van der Waals surface area contributed by atoms with Crippen molar-refractivity contribution in [3.63, 3.8) is 0 Å². The maximum absolute atomic E-state index is 13.2. The van der Waals surface area contributed by atoms with Crippen molar-refractivity contribution < 1.29 is 19.4 Å². The summed E-state index contributed by atoms with van der Waals surface area (Å²) in [6.07, 6.45) is 2.71. The van der Waals surface area contributed by atoms with Crippen LogP contribution in [-0.4, -0.2) is 90.8 Å². The smallest absolute Gasteiger partial charge is 0.257 e. The predicted molar refractivity (Wildman–Crippen MR) is 130 cm³/mol. The zero-order chi connectivity index (χ0) is 23.5. The average molecular weight is 466 g/mol. The van der Waals surface area contributed by atoms with Gasteiger partial charge in [-0.15, -0.1) is 0 Å². The average Bonchev–Trinajstić information content (AvgIpc) is 2.97. The summed E-state index contributed by atoms with van der Waals surface area (Å²) in [6.45, 7) is 5.48. The zero-order valence-electron chi connectivity index (χ0n) is 20.0. The van der Waals surface area contributed by atoms with E-state index in [1.165, 1.54) is 11.1 Å². The minimum Gasteiger partial charge on any atom is -0.491 e. The number of carbonyl (C=O) groups is 1. The molecule has 2 aromatic rings. The van der Waals surface area contributed by atoms with Crippen LogP contribution in [0.25, 0.3) is 0 Å². The number of aliphatic hydroxyl groups is 1. The van der Waals surface area contributed by atoms with Gasteiger partial charge in [0, 0.05) is 38.8 Å². The zero-order valence-corrected chi connectivity index (χ0v) is 20.0. The lowest BCUT2D eigenvalue weighted by molar-refractivity contribution is 0.0501. The van der Waals surface area contributed by atoms with Crippen LogP contribution in [0.2, 0.25) is 0 Å². The molecule has 0 aromatic heterocycles. The first-order chi connectivity index (χ1) is 16.5. The summed E-state index contributed by atoms with van der Waals surface area (Å²) in [4.78, 5) is 19.5. The molecule has 1 fully saturated rings. The molecule has 7 nitrogen and oxygen atoms in total. The molecule has 3 aliphatic rings. The van der Waals surface area contributed by atoms with Gasteiger partial charge >= 0.3 is 0 Å². The fraction of sp³-hybridized carbons (Fsp3) is 0.519. The van der Waals surface area contributed by atoms with Gasteiger partial charge in [-0.05, 0) is 56.1 Å². The Kier molecular flexibility index (Phi) is 7.04. The van der Waals surface area contributed by atoms with Crippen molar-refractivity contribution in [3.05, 3.63) is 59.2 Å². The van der Waals surface area contributed by atoms with E-state index in [0.717, 1.165) is 51.2 Å². The summed E-state index contributed by atoms with van der Waals surface area (Å²) in [6, 6.07) is 14.0. The van der Waals surface area contributed by atoms with Gasteiger partial charge in [-0.2, -0.15) is 0 Å². The number of likely N-dealkylation sites (tertiary alicyclic amines) is 1. The van der Waals surface area contributed by atoms with Crippen molar-refractivity contribution in [1.82, 2.24) is 14.7 Å². The van der Waals surface area contributed by atoms with Gasteiger partial charge < -0.3 is 24.4 Å². The number of fused-ring (bicyclic) bond motifs is 2. The fourth-order valence-electron chi connectivity index (χ4n) is 5.31. The van der Waals surface area contributed by atoms with Crippen molar-refractivity contribution in [1.29, 1.82) is 0 Å². The van der Waals surface area contributed by atoms with Crippen LogP contribution in [-0.2, 0) is 13.0 Å². The Balaban J connectivity index is 1.19. The molecule has 1 saturated heterocycles. The highest BCUT2D eigenvalue weighted by atomic mass is 16.5. The molecule has 0 bridgehead atoms. The minimum absolute atomic E-state index is 0.0977. The highest BCUT2D eigenvalue weighted by Gasteiger charge is 2.28.